The van der Waals surface area contributed by atoms with Crippen LogP contribution in [0.1, 0.15) is 215 Å². The SMILES string of the molecule is CC=CCC(N)C(CC)CCCCC1CCCCC1C(CCCC(C)C(C)S)C1CCC(C2CCC(CCC)C3C(CCCC)CCCC23)CC1. The maximum absolute atomic E-state index is 6.65. The van der Waals surface area contributed by atoms with E-state index >= 15 is 0 Å². The number of hydrogen-bond donors (Lipinski definition) is 2. The van der Waals surface area contributed by atoms with Crippen molar-refractivity contribution in [2.75, 3.05) is 0 Å². The Morgan fingerprint density at radius 2 is 1.39 bits per heavy atom. The molecule has 12 unspecified atom stereocenters. The van der Waals surface area contributed by atoms with Crippen LogP contribution in [0.15, 0.2) is 12.2 Å². The molecule has 0 saturated heterocycles. The molecule has 0 bridgehead atoms. The summed E-state index contributed by atoms with van der Waals surface area (Å²) in [4.78, 5) is 0. The van der Waals surface area contributed by atoms with Gasteiger partial charge in [-0.05, 0) is 155 Å². The third kappa shape index (κ3) is 13.1. The molecule has 0 heterocycles. The van der Waals surface area contributed by atoms with Gasteiger partial charge in [0, 0.05) is 11.3 Å². The third-order valence-corrected chi connectivity index (χ3v) is 17.0. The number of allylic oxidation sites excluding steroid dienone is 1. The summed E-state index contributed by atoms with van der Waals surface area (Å²) in [6.07, 6.45) is 44.1. The Balaban J connectivity index is 1.39. The summed E-state index contributed by atoms with van der Waals surface area (Å²) in [7, 11) is 0. The van der Waals surface area contributed by atoms with Crippen LogP contribution in [0.2, 0.25) is 0 Å². The molecule has 298 valence electrons. The predicted molar refractivity (Wildman–Crippen MR) is 230 cm³/mol. The quantitative estimate of drug-likeness (QED) is 0.0649. The molecule has 2 heteroatoms. The van der Waals surface area contributed by atoms with Crippen molar-refractivity contribution in [3.05, 3.63) is 12.2 Å². The number of nitrogens with two attached hydrogens (primary N) is 1. The van der Waals surface area contributed by atoms with E-state index in [0.29, 0.717) is 17.2 Å². The van der Waals surface area contributed by atoms with E-state index in [1.165, 1.54) is 116 Å². The molecule has 4 rings (SSSR count). The van der Waals surface area contributed by atoms with Crippen LogP contribution in [0.25, 0.3) is 0 Å². The van der Waals surface area contributed by atoms with Gasteiger partial charge in [-0.2, -0.15) is 12.6 Å². The van der Waals surface area contributed by atoms with Crippen LogP contribution >= 0.6 is 12.6 Å². The Kier molecular flexibility index (Phi) is 20.5. The molecule has 12 atom stereocenters. The van der Waals surface area contributed by atoms with E-state index < -0.39 is 0 Å². The van der Waals surface area contributed by atoms with Gasteiger partial charge in [-0.3, -0.25) is 0 Å². The first kappa shape index (κ1) is 43.8. The van der Waals surface area contributed by atoms with Gasteiger partial charge in [-0.15, -0.1) is 0 Å². The van der Waals surface area contributed by atoms with E-state index in [1.54, 1.807) is 51.4 Å². The van der Waals surface area contributed by atoms with Gasteiger partial charge in [0.1, 0.15) is 0 Å². The van der Waals surface area contributed by atoms with Crippen molar-refractivity contribution in [1.82, 2.24) is 0 Å². The molecule has 0 aromatic heterocycles. The number of unbranched alkanes of at least 4 members (excludes halogenated alkanes) is 2. The van der Waals surface area contributed by atoms with Crippen molar-refractivity contribution in [3.63, 3.8) is 0 Å². The van der Waals surface area contributed by atoms with Gasteiger partial charge in [-0.1, -0.05) is 143 Å². The summed E-state index contributed by atoms with van der Waals surface area (Å²) in [6, 6.07) is 0.341. The first-order valence-electron chi connectivity index (χ1n) is 23.9. The summed E-state index contributed by atoms with van der Waals surface area (Å²) >= 11 is 4.85. The largest absolute Gasteiger partial charge is 0.327 e. The van der Waals surface area contributed by atoms with Gasteiger partial charge >= 0.3 is 0 Å². The smallest absolute Gasteiger partial charge is 0.0102 e. The lowest BCUT2D eigenvalue weighted by molar-refractivity contribution is -0.0359. The van der Waals surface area contributed by atoms with Gasteiger partial charge in [0.2, 0.25) is 0 Å². The predicted octanol–water partition coefficient (Wildman–Crippen LogP) is 15.3. The van der Waals surface area contributed by atoms with E-state index in [0.717, 1.165) is 71.5 Å². The van der Waals surface area contributed by atoms with Crippen molar-refractivity contribution >= 4 is 12.6 Å². The molecule has 1 nitrogen and oxygen atoms in total. The van der Waals surface area contributed by atoms with Crippen molar-refractivity contribution in [3.8, 4) is 0 Å². The summed E-state index contributed by atoms with van der Waals surface area (Å²) < 4.78 is 0. The number of fused-ring (bicyclic) bond motifs is 1. The second-order valence-electron chi connectivity index (χ2n) is 19.5. The fourth-order valence-corrected chi connectivity index (χ4v) is 13.5. The van der Waals surface area contributed by atoms with Crippen LogP contribution < -0.4 is 5.73 Å². The molecule has 0 aliphatic heterocycles. The molecule has 51 heavy (non-hydrogen) atoms. The minimum absolute atomic E-state index is 0.341. The van der Waals surface area contributed by atoms with Crippen LogP contribution in [0.5, 0.6) is 0 Å². The molecule has 4 aliphatic rings. The maximum Gasteiger partial charge on any atom is 0.0102 e. The monoisotopic (exact) mass is 726 g/mol. The van der Waals surface area contributed by atoms with Crippen LogP contribution in [-0.4, -0.2) is 11.3 Å². The van der Waals surface area contributed by atoms with E-state index in [9.17, 15) is 0 Å². The average molecular weight is 726 g/mol. The number of rotatable bonds is 22. The van der Waals surface area contributed by atoms with Gasteiger partial charge < -0.3 is 5.73 Å². The molecule has 0 spiro atoms. The Labute approximate surface area is 326 Å². The Hall–Kier alpha value is 0.0500. The Bertz CT molecular complexity index is 919. The zero-order chi connectivity index (χ0) is 36.6. The van der Waals surface area contributed by atoms with Gasteiger partial charge in [-0.25, -0.2) is 0 Å². The molecule has 4 saturated carbocycles. The Morgan fingerprint density at radius 3 is 2.10 bits per heavy atom. The van der Waals surface area contributed by atoms with Crippen molar-refractivity contribution in [1.29, 1.82) is 0 Å². The lowest BCUT2D eigenvalue weighted by Crippen LogP contribution is -2.45. The second kappa shape index (κ2) is 23.9. The average Bonchev–Trinajstić information content (AvgIpc) is 3.15. The summed E-state index contributed by atoms with van der Waals surface area (Å²) in [6.45, 7) is 14.1. The van der Waals surface area contributed by atoms with Crippen LogP contribution in [0.3, 0.4) is 0 Å². The van der Waals surface area contributed by atoms with E-state index in [4.69, 9.17) is 18.4 Å². The fourth-order valence-electron chi connectivity index (χ4n) is 13.4. The van der Waals surface area contributed by atoms with Gasteiger partial charge in [0.15, 0.2) is 0 Å². The summed E-state index contributed by atoms with van der Waals surface area (Å²) in [5.74, 6) is 11.7. The first-order valence-corrected chi connectivity index (χ1v) is 24.4. The highest BCUT2D eigenvalue weighted by atomic mass is 32.1. The van der Waals surface area contributed by atoms with Crippen LogP contribution in [0, 0.1) is 71.0 Å². The van der Waals surface area contributed by atoms with Crippen molar-refractivity contribution < 1.29 is 0 Å². The number of thiol groups is 1. The van der Waals surface area contributed by atoms with Crippen LogP contribution in [-0.2, 0) is 0 Å². The molecule has 0 aromatic carbocycles. The Morgan fingerprint density at radius 1 is 0.667 bits per heavy atom. The molecular formula is C49H91NS. The molecule has 0 amide bonds. The normalized spacial score (nSPS) is 34.9. The highest BCUT2D eigenvalue weighted by Crippen LogP contribution is 2.56. The van der Waals surface area contributed by atoms with Crippen molar-refractivity contribution in [2.45, 2.75) is 226 Å². The summed E-state index contributed by atoms with van der Waals surface area (Å²) in [5, 5.41) is 0.525. The third-order valence-electron chi connectivity index (χ3n) is 16.4. The zero-order valence-corrected chi connectivity index (χ0v) is 36.2. The minimum Gasteiger partial charge on any atom is -0.327 e. The van der Waals surface area contributed by atoms with Gasteiger partial charge in [0.05, 0.1) is 0 Å². The topological polar surface area (TPSA) is 26.0 Å². The number of hydrogen-bond acceptors (Lipinski definition) is 2. The van der Waals surface area contributed by atoms with E-state index in [2.05, 4.69) is 53.7 Å². The molecule has 4 aliphatic carbocycles. The second-order valence-corrected chi connectivity index (χ2v) is 20.3. The highest BCUT2D eigenvalue weighted by molar-refractivity contribution is 7.80. The van der Waals surface area contributed by atoms with E-state index in [-0.39, 0.29) is 0 Å². The summed E-state index contributed by atoms with van der Waals surface area (Å²) in [5.41, 5.74) is 6.65. The molecule has 2 N–H and O–H groups in total. The lowest BCUT2D eigenvalue weighted by atomic mass is 9.52. The molecule has 0 radical (unpaired) electrons. The fraction of sp³-hybridized carbons (Fsp3) is 0.959. The minimum atomic E-state index is 0.341. The van der Waals surface area contributed by atoms with Gasteiger partial charge in [0.25, 0.3) is 0 Å². The van der Waals surface area contributed by atoms with Crippen molar-refractivity contribution in [2.24, 2.45) is 76.7 Å². The molecular weight excluding hydrogens is 635 g/mol. The maximum atomic E-state index is 6.65. The highest BCUT2D eigenvalue weighted by Gasteiger charge is 2.47. The molecule has 4 fully saturated rings. The first-order chi connectivity index (χ1) is 24.8. The van der Waals surface area contributed by atoms with Crippen LogP contribution in [0.4, 0.5) is 0 Å². The molecule has 0 aromatic rings. The zero-order valence-electron chi connectivity index (χ0n) is 35.4. The lowest BCUT2D eigenvalue weighted by Gasteiger charge is -2.53. The standard InChI is InChI=1S/C49H91NS/c1-7-11-21-43-25-18-28-47-46(35-34-42(19-9-3)49(43)47)41-32-30-40(31-33-41)45(27-17-20-36(5)37(6)51)44-26-16-15-24-39(44)23-14-13-22-38(10-4)48(50)29-12-8-2/h8,12,36-49,51H,7,9-11,13-35,50H2,1-6H3. The van der Waals surface area contributed by atoms with E-state index in [1.807, 2.05) is 0 Å².